The molecule has 1 aromatic rings. The molecule has 1 aliphatic carbocycles. The van der Waals surface area contributed by atoms with Crippen molar-refractivity contribution in [2.24, 2.45) is 5.92 Å². The summed E-state index contributed by atoms with van der Waals surface area (Å²) in [4.78, 5) is 2.31. The Morgan fingerprint density at radius 1 is 1.22 bits per heavy atom. The highest BCUT2D eigenvalue weighted by Gasteiger charge is 2.20. The van der Waals surface area contributed by atoms with Gasteiger partial charge in [-0.1, -0.05) is 18.2 Å². The fourth-order valence-electron chi connectivity index (χ4n) is 1.81. The van der Waals surface area contributed by atoms with Crippen molar-refractivity contribution >= 4 is 5.69 Å². The monoisotopic (exact) mass is 248 g/mol. The van der Waals surface area contributed by atoms with Crippen molar-refractivity contribution in [2.75, 3.05) is 45.2 Å². The van der Waals surface area contributed by atoms with Gasteiger partial charge in [-0.15, -0.1) is 0 Å². The molecule has 18 heavy (non-hydrogen) atoms. The van der Waals surface area contributed by atoms with E-state index in [0.717, 1.165) is 38.8 Å². The molecule has 3 nitrogen and oxygen atoms in total. The van der Waals surface area contributed by atoms with E-state index in [1.54, 1.807) is 0 Å². The molecular formula is C15H24N2O. The summed E-state index contributed by atoms with van der Waals surface area (Å²) in [6, 6.07) is 10.3. The predicted molar refractivity (Wildman–Crippen MR) is 76.0 cm³/mol. The molecule has 0 amide bonds. The number of hydrogen-bond acceptors (Lipinski definition) is 3. The van der Waals surface area contributed by atoms with Crippen molar-refractivity contribution in [3.8, 4) is 0 Å². The molecule has 1 aliphatic rings. The first kappa shape index (κ1) is 13.4. The van der Waals surface area contributed by atoms with Crippen LogP contribution in [0.15, 0.2) is 30.3 Å². The molecule has 1 saturated carbocycles. The summed E-state index contributed by atoms with van der Waals surface area (Å²) in [5, 5.41) is 3.41. The van der Waals surface area contributed by atoms with Crippen LogP contribution in [0.5, 0.6) is 0 Å². The maximum absolute atomic E-state index is 5.63. The molecule has 2 rings (SSSR count). The van der Waals surface area contributed by atoms with Crippen molar-refractivity contribution < 1.29 is 4.74 Å². The van der Waals surface area contributed by atoms with Crippen molar-refractivity contribution in [3.63, 3.8) is 0 Å². The van der Waals surface area contributed by atoms with Gasteiger partial charge in [0.1, 0.15) is 0 Å². The van der Waals surface area contributed by atoms with Crippen LogP contribution in [-0.2, 0) is 4.74 Å². The van der Waals surface area contributed by atoms with Crippen LogP contribution in [0, 0.1) is 5.92 Å². The first-order chi connectivity index (χ1) is 8.84. The standard InChI is InChI=1S/C15H24N2O/c1-17(11-12-18-13-14-7-8-14)10-9-16-15-5-3-2-4-6-15/h2-6,14,16H,7-13H2,1H3. The Labute approximate surface area is 110 Å². The molecule has 0 saturated heterocycles. The lowest BCUT2D eigenvalue weighted by atomic mass is 10.3. The largest absolute Gasteiger partial charge is 0.384 e. The Balaban J connectivity index is 1.47. The second-order valence-corrected chi connectivity index (χ2v) is 5.11. The number of para-hydroxylation sites is 1. The average Bonchev–Trinajstić information content (AvgIpc) is 3.20. The maximum Gasteiger partial charge on any atom is 0.0593 e. The van der Waals surface area contributed by atoms with E-state index in [0.29, 0.717) is 0 Å². The van der Waals surface area contributed by atoms with Gasteiger partial charge in [0.25, 0.3) is 0 Å². The Morgan fingerprint density at radius 3 is 2.72 bits per heavy atom. The summed E-state index contributed by atoms with van der Waals surface area (Å²) < 4.78 is 5.63. The Bertz CT molecular complexity index is 325. The van der Waals surface area contributed by atoms with E-state index in [4.69, 9.17) is 4.74 Å². The fourth-order valence-corrected chi connectivity index (χ4v) is 1.81. The molecular weight excluding hydrogens is 224 g/mol. The second kappa shape index (κ2) is 7.39. The summed E-state index contributed by atoms with van der Waals surface area (Å²) >= 11 is 0. The molecule has 0 atom stereocenters. The first-order valence-corrected chi connectivity index (χ1v) is 6.90. The Morgan fingerprint density at radius 2 is 2.00 bits per heavy atom. The van der Waals surface area contributed by atoms with Gasteiger partial charge in [-0.25, -0.2) is 0 Å². The Hall–Kier alpha value is -1.06. The number of ether oxygens (including phenoxy) is 1. The normalized spacial score (nSPS) is 15.0. The number of anilines is 1. The van der Waals surface area contributed by atoms with Crippen molar-refractivity contribution in [2.45, 2.75) is 12.8 Å². The van der Waals surface area contributed by atoms with Crippen molar-refractivity contribution in [3.05, 3.63) is 30.3 Å². The van der Waals surface area contributed by atoms with Crippen LogP contribution < -0.4 is 5.32 Å². The van der Waals surface area contributed by atoms with Gasteiger partial charge in [-0.05, 0) is 37.9 Å². The second-order valence-electron chi connectivity index (χ2n) is 5.11. The molecule has 0 spiro atoms. The summed E-state index contributed by atoms with van der Waals surface area (Å²) in [7, 11) is 2.15. The van der Waals surface area contributed by atoms with E-state index in [9.17, 15) is 0 Å². The minimum Gasteiger partial charge on any atom is -0.384 e. The van der Waals surface area contributed by atoms with Gasteiger partial charge in [0.15, 0.2) is 0 Å². The molecule has 0 heterocycles. The van der Waals surface area contributed by atoms with Gasteiger partial charge in [-0.2, -0.15) is 0 Å². The van der Waals surface area contributed by atoms with Crippen LogP contribution >= 0.6 is 0 Å². The molecule has 1 fully saturated rings. The molecule has 1 aromatic carbocycles. The molecule has 0 aliphatic heterocycles. The lowest BCUT2D eigenvalue weighted by Gasteiger charge is -2.17. The van der Waals surface area contributed by atoms with Crippen LogP contribution in [-0.4, -0.2) is 44.8 Å². The third kappa shape index (κ3) is 5.52. The van der Waals surface area contributed by atoms with E-state index < -0.39 is 0 Å². The van der Waals surface area contributed by atoms with Gasteiger partial charge in [-0.3, -0.25) is 0 Å². The average molecular weight is 248 g/mol. The quantitative estimate of drug-likeness (QED) is 0.679. The van der Waals surface area contributed by atoms with Gasteiger partial charge < -0.3 is 15.0 Å². The maximum atomic E-state index is 5.63. The minimum absolute atomic E-state index is 0.859. The van der Waals surface area contributed by atoms with E-state index >= 15 is 0 Å². The summed E-state index contributed by atoms with van der Waals surface area (Å²) in [6.45, 7) is 4.86. The highest BCUT2D eigenvalue weighted by atomic mass is 16.5. The first-order valence-electron chi connectivity index (χ1n) is 6.90. The van der Waals surface area contributed by atoms with E-state index in [2.05, 4.69) is 41.5 Å². The minimum atomic E-state index is 0.859. The van der Waals surface area contributed by atoms with Crippen LogP contribution in [0.1, 0.15) is 12.8 Å². The van der Waals surface area contributed by atoms with Crippen LogP contribution in [0.25, 0.3) is 0 Å². The number of benzene rings is 1. The van der Waals surface area contributed by atoms with Crippen molar-refractivity contribution in [1.29, 1.82) is 0 Å². The zero-order valence-electron chi connectivity index (χ0n) is 11.3. The zero-order valence-corrected chi connectivity index (χ0v) is 11.3. The fraction of sp³-hybridized carbons (Fsp3) is 0.600. The van der Waals surface area contributed by atoms with Gasteiger partial charge >= 0.3 is 0 Å². The molecule has 1 N–H and O–H groups in total. The highest BCUT2D eigenvalue weighted by molar-refractivity contribution is 5.42. The summed E-state index contributed by atoms with van der Waals surface area (Å²) in [5.74, 6) is 0.870. The van der Waals surface area contributed by atoms with E-state index in [-0.39, 0.29) is 0 Å². The highest BCUT2D eigenvalue weighted by Crippen LogP contribution is 2.28. The number of likely N-dealkylation sites (N-methyl/N-ethyl adjacent to an activating group) is 1. The van der Waals surface area contributed by atoms with Gasteiger partial charge in [0.05, 0.1) is 6.61 Å². The number of hydrogen-bond donors (Lipinski definition) is 1. The smallest absolute Gasteiger partial charge is 0.0593 e. The number of nitrogens with one attached hydrogen (secondary N) is 1. The Kier molecular flexibility index (Phi) is 5.49. The summed E-state index contributed by atoms with van der Waals surface area (Å²) in [6.07, 6.45) is 2.74. The molecule has 100 valence electrons. The molecule has 0 radical (unpaired) electrons. The SMILES string of the molecule is CN(CCNc1ccccc1)CCOCC1CC1. The van der Waals surface area contributed by atoms with Crippen LogP contribution in [0.4, 0.5) is 5.69 Å². The topological polar surface area (TPSA) is 24.5 Å². The predicted octanol–water partition coefficient (Wildman–Crippen LogP) is 2.46. The lowest BCUT2D eigenvalue weighted by molar-refractivity contribution is 0.104. The molecule has 0 unspecified atom stereocenters. The number of nitrogens with zero attached hydrogens (tertiary/aromatic N) is 1. The summed E-state index contributed by atoms with van der Waals surface area (Å²) in [5.41, 5.74) is 1.19. The van der Waals surface area contributed by atoms with Crippen LogP contribution in [0.3, 0.4) is 0 Å². The van der Waals surface area contributed by atoms with E-state index in [1.165, 1.54) is 18.5 Å². The lowest BCUT2D eigenvalue weighted by Crippen LogP contribution is -2.28. The molecule has 0 aromatic heterocycles. The van der Waals surface area contributed by atoms with Gasteiger partial charge in [0, 0.05) is 31.9 Å². The molecule has 3 heteroatoms. The number of rotatable bonds is 9. The van der Waals surface area contributed by atoms with Gasteiger partial charge in [0.2, 0.25) is 0 Å². The molecule has 0 bridgehead atoms. The van der Waals surface area contributed by atoms with Crippen LogP contribution in [0.2, 0.25) is 0 Å². The van der Waals surface area contributed by atoms with E-state index in [1.807, 2.05) is 6.07 Å². The van der Waals surface area contributed by atoms with Crippen molar-refractivity contribution in [1.82, 2.24) is 4.90 Å². The zero-order chi connectivity index (χ0) is 12.6. The third-order valence-electron chi connectivity index (χ3n) is 3.26. The third-order valence-corrected chi connectivity index (χ3v) is 3.26.